The summed E-state index contributed by atoms with van der Waals surface area (Å²) in [7, 11) is 4.76. The number of carbonyl (C=O) groups excluding carboxylic acids is 1. The molecule has 1 aliphatic heterocycles. The van der Waals surface area contributed by atoms with E-state index in [0.717, 1.165) is 5.69 Å². The van der Waals surface area contributed by atoms with Crippen molar-refractivity contribution in [2.24, 2.45) is 0 Å². The van der Waals surface area contributed by atoms with Crippen LogP contribution in [-0.4, -0.2) is 32.2 Å². The molecule has 1 atom stereocenters. The van der Waals surface area contributed by atoms with Crippen molar-refractivity contribution >= 4 is 17.3 Å². The molecule has 0 bridgehead atoms. The molecule has 3 aromatic rings. The highest BCUT2D eigenvalue weighted by Crippen LogP contribution is 2.43. The molecule has 0 aliphatic carbocycles. The van der Waals surface area contributed by atoms with E-state index in [1.165, 1.54) is 0 Å². The first-order valence-corrected chi connectivity index (χ1v) is 9.08. The maximum absolute atomic E-state index is 13.3. The molecule has 0 radical (unpaired) electrons. The van der Waals surface area contributed by atoms with Gasteiger partial charge < -0.3 is 19.5 Å². The van der Waals surface area contributed by atoms with Crippen LogP contribution in [0.15, 0.2) is 60.8 Å². The second kappa shape index (κ2) is 7.71. The summed E-state index contributed by atoms with van der Waals surface area (Å²) >= 11 is 0. The normalized spacial score (nSPS) is 15.1. The van der Waals surface area contributed by atoms with Crippen LogP contribution in [0.2, 0.25) is 0 Å². The highest BCUT2D eigenvalue weighted by molar-refractivity contribution is 6.11. The summed E-state index contributed by atoms with van der Waals surface area (Å²) < 4.78 is 16.4. The van der Waals surface area contributed by atoms with Gasteiger partial charge in [0.15, 0.2) is 6.17 Å². The average Bonchev–Trinajstić information content (AvgIpc) is 3.05. The van der Waals surface area contributed by atoms with E-state index in [2.05, 4.69) is 10.3 Å². The number of pyridine rings is 1. The molecule has 7 heteroatoms. The molecular formula is C22H21N3O4. The zero-order valence-electron chi connectivity index (χ0n) is 16.4. The number of methoxy groups -OCH3 is 3. The predicted molar refractivity (Wildman–Crippen MR) is 110 cm³/mol. The number of carbonyl (C=O) groups is 1. The van der Waals surface area contributed by atoms with Crippen molar-refractivity contribution in [3.8, 4) is 17.2 Å². The second-order valence-corrected chi connectivity index (χ2v) is 6.40. The molecule has 1 aromatic heterocycles. The van der Waals surface area contributed by atoms with Crippen molar-refractivity contribution in [3.63, 3.8) is 0 Å². The van der Waals surface area contributed by atoms with Gasteiger partial charge in [-0.2, -0.15) is 0 Å². The van der Waals surface area contributed by atoms with Gasteiger partial charge in [0, 0.05) is 12.3 Å². The largest absolute Gasteiger partial charge is 0.497 e. The van der Waals surface area contributed by atoms with Gasteiger partial charge in [0.25, 0.3) is 5.91 Å². The molecule has 0 saturated carbocycles. The summed E-state index contributed by atoms with van der Waals surface area (Å²) in [6, 6.07) is 16.4. The van der Waals surface area contributed by atoms with Gasteiger partial charge in [0.05, 0.1) is 44.0 Å². The number of nitrogens with one attached hydrogen (secondary N) is 1. The summed E-state index contributed by atoms with van der Waals surface area (Å²) in [5.74, 6) is 1.67. The van der Waals surface area contributed by atoms with Crippen LogP contribution >= 0.6 is 0 Å². The molecular weight excluding hydrogens is 370 g/mol. The van der Waals surface area contributed by atoms with Gasteiger partial charge in [0.1, 0.15) is 17.2 Å². The Bertz CT molecular complexity index is 1050. The minimum atomic E-state index is -0.545. The number of fused-ring (bicyclic) bond motifs is 1. The molecule has 7 nitrogen and oxygen atoms in total. The zero-order valence-corrected chi connectivity index (χ0v) is 16.4. The number of para-hydroxylation sites is 2. The number of nitrogens with zero attached hydrogens (tertiary/aromatic N) is 2. The van der Waals surface area contributed by atoms with E-state index in [0.29, 0.717) is 34.2 Å². The number of amides is 1. The first-order chi connectivity index (χ1) is 14.2. The van der Waals surface area contributed by atoms with Crippen molar-refractivity contribution < 1.29 is 19.0 Å². The molecule has 2 heterocycles. The third-order valence-electron chi connectivity index (χ3n) is 4.85. The van der Waals surface area contributed by atoms with E-state index in [-0.39, 0.29) is 5.91 Å². The van der Waals surface area contributed by atoms with Gasteiger partial charge in [-0.25, -0.2) is 0 Å². The van der Waals surface area contributed by atoms with Crippen LogP contribution in [0.5, 0.6) is 17.2 Å². The summed E-state index contributed by atoms with van der Waals surface area (Å²) in [4.78, 5) is 19.4. The smallest absolute Gasteiger partial charge is 0.262 e. The lowest BCUT2D eigenvalue weighted by Gasteiger charge is -2.28. The minimum Gasteiger partial charge on any atom is -0.497 e. The SMILES string of the molecule is COc1ccc(OC)c(N2C(=O)c3cccnc3C2Nc2ccccc2OC)c1. The number of hydrogen-bond donors (Lipinski definition) is 1. The van der Waals surface area contributed by atoms with Crippen molar-refractivity contribution in [1.29, 1.82) is 0 Å². The van der Waals surface area contributed by atoms with Gasteiger partial charge in [-0.05, 0) is 36.4 Å². The van der Waals surface area contributed by atoms with Crippen LogP contribution in [-0.2, 0) is 0 Å². The molecule has 29 heavy (non-hydrogen) atoms. The van der Waals surface area contributed by atoms with Crippen molar-refractivity contribution in [1.82, 2.24) is 4.98 Å². The van der Waals surface area contributed by atoms with E-state index in [4.69, 9.17) is 14.2 Å². The Labute approximate surface area is 168 Å². The maximum atomic E-state index is 13.3. The average molecular weight is 391 g/mol. The Morgan fingerprint density at radius 1 is 0.931 bits per heavy atom. The van der Waals surface area contributed by atoms with Crippen LogP contribution in [0.1, 0.15) is 22.2 Å². The summed E-state index contributed by atoms with van der Waals surface area (Å²) in [6.07, 6.45) is 1.13. The number of aromatic nitrogens is 1. The highest BCUT2D eigenvalue weighted by atomic mass is 16.5. The van der Waals surface area contributed by atoms with Crippen LogP contribution in [0.3, 0.4) is 0 Å². The number of hydrogen-bond acceptors (Lipinski definition) is 6. The summed E-state index contributed by atoms with van der Waals surface area (Å²) in [5, 5.41) is 3.41. The monoisotopic (exact) mass is 391 g/mol. The number of benzene rings is 2. The molecule has 2 aromatic carbocycles. The second-order valence-electron chi connectivity index (χ2n) is 6.40. The standard InChI is InChI=1S/C22H21N3O4/c1-27-14-10-11-19(29-3)17(13-14)25-21(20-15(22(25)26)7-6-12-23-20)24-16-8-4-5-9-18(16)28-2/h4-13,21,24H,1-3H3. The van der Waals surface area contributed by atoms with Gasteiger partial charge in [-0.1, -0.05) is 12.1 Å². The Kier molecular flexibility index (Phi) is 4.95. The summed E-state index contributed by atoms with van der Waals surface area (Å²) in [5.41, 5.74) is 2.50. The molecule has 0 fully saturated rings. The quantitative estimate of drug-likeness (QED) is 0.688. The van der Waals surface area contributed by atoms with Crippen molar-refractivity contribution in [3.05, 3.63) is 72.1 Å². The Hall–Kier alpha value is -3.74. The van der Waals surface area contributed by atoms with E-state index in [1.807, 2.05) is 24.3 Å². The molecule has 0 spiro atoms. The van der Waals surface area contributed by atoms with Crippen LogP contribution < -0.4 is 24.4 Å². The van der Waals surface area contributed by atoms with E-state index < -0.39 is 6.17 Å². The predicted octanol–water partition coefficient (Wildman–Crippen LogP) is 3.88. The maximum Gasteiger partial charge on any atom is 0.262 e. The summed E-state index contributed by atoms with van der Waals surface area (Å²) in [6.45, 7) is 0. The molecule has 1 aliphatic rings. The van der Waals surface area contributed by atoms with E-state index in [1.54, 1.807) is 62.8 Å². The Balaban J connectivity index is 1.85. The number of rotatable bonds is 6. The zero-order chi connectivity index (χ0) is 20.4. The number of anilines is 2. The lowest BCUT2D eigenvalue weighted by Crippen LogP contribution is -2.33. The molecule has 1 unspecified atom stereocenters. The van der Waals surface area contributed by atoms with Gasteiger partial charge in [-0.3, -0.25) is 14.7 Å². The number of ether oxygens (including phenoxy) is 3. The fourth-order valence-electron chi connectivity index (χ4n) is 3.46. The van der Waals surface area contributed by atoms with E-state index >= 15 is 0 Å². The van der Waals surface area contributed by atoms with Gasteiger partial charge >= 0.3 is 0 Å². The first kappa shape index (κ1) is 18.6. The Morgan fingerprint density at radius 3 is 2.48 bits per heavy atom. The third-order valence-corrected chi connectivity index (χ3v) is 4.85. The molecule has 1 amide bonds. The van der Waals surface area contributed by atoms with E-state index in [9.17, 15) is 4.79 Å². The van der Waals surface area contributed by atoms with Crippen molar-refractivity contribution in [2.75, 3.05) is 31.5 Å². The Morgan fingerprint density at radius 2 is 1.72 bits per heavy atom. The first-order valence-electron chi connectivity index (χ1n) is 9.08. The van der Waals surface area contributed by atoms with Gasteiger partial charge in [0.2, 0.25) is 0 Å². The minimum absolute atomic E-state index is 0.174. The lowest BCUT2D eigenvalue weighted by molar-refractivity contribution is 0.0992. The lowest BCUT2D eigenvalue weighted by atomic mass is 10.2. The topological polar surface area (TPSA) is 72.9 Å². The third kappa shape index (κ3) is 3.20. The molecule has 0 saturated heterocycles. The molecule has 148 valence electrons. The fraction of sp³-hybridized carbons (Fsp3) is 0.182. The van der Waals surface area contributed by atoms with Crippen molar-refractivity contribution in [2.45, 2.75) is 6.17 Å². The van der Waals surface area contributed by atoms with Crippen LogP contribution in [0.25, 0.3) is 0 Å². The van der Waals surface area contributed by atoms with Gasteiger partial charge in [-0.15, -0.1) is 0 Å². The fourth-order valence-corrected chi connectivity index (χ4v) is 3.46. The molecule has 1 N–H and O–H groups in total. The molecule has 4 rings (SSSR count). The highest BCUT2D eigenvalue weighted by Gasteiger charge is 2.40. The van der Waals surface area contributed by atoms with Crippen LogP contribution in [0, 0.1) is 0 Å². The van der Waals surface area contributed by atoms with Crippen LogP contribution in [0.4, 0.5) is 11.4 Å².